The van der Waals surface area contributed by atoms with Gasteiger partial charge in [0.05, 0.1) is 17.2 Å². The number of aromatic nitrogens is 1. The number of aromatic carboxylic acids is 1. The smallest absolute Gasteiger partial charge is 0.347 e. The van der Waals surface area contributed by atoms with Gasteiger partial charge in [-0.1, -0.05) is 18.3 Å². The molecule has 0 aliphatic carbocycles. The van der Waals surface area contributed by atoms with Gasteiger partial charge in [-0.2, -0.15) is 0 Å². The Morgan fingerprint density at radius 3 is 2.68 bits per heavy atom. The van der Waals surface area contributed by atoms with Crippen molar-refractivity contribution in [2.24, 2.45) is 0 Å². The zero-order chi connectivity index (χ0) is 14.2. The summed E-state index contributed by atoms with van der Waals surface area (Å²) in [6.07, 6.45) is 1.12. The zero-order valence-electron chi connectivity index (χ0n) is 10.8. The summed E-state index contributed by atoms with van der Waals surface area (Å²) < 4.78 is 23.0. The van der Waals surface area contributed by atoms with Crippen LogP contribution in [0, 0.1) is 0 Å². The lowest BCUT2D eigenvalue weighted by Crippen LogP contribution is -2.32. The fourth-order valence-corrected chi connectivity index (χ4v) is 4.93. The summed E-state index contributed by atoms with van der Waals surface area (Å²) in [4.78, 5) is 17.4. The maximum Gasteiger partial charge on any atom is 0.347 e. The Labute approximate surface area is 116 Å². The van der Waals surface area contributed by atoms with Crippen LogP contribution in [0.25, 0.3) is 0 Å². The molecule has 1 unspecified atom stereocenters. The van der Waals surface area contributed by atoms with Crippen LogP contribution in [-0.2, 0) is 16.3 Å². The molecule has 8 heteroatoms. The Morgan fingerprint density at radius 2 is 2.26 bits per heavy atom. The first-order chi connectivity index (χ1) is 8.84. The van der Waals surface area contributed by atoms with E-state index in [1.807, 2.05) is 6.92 Å². The lowest BCUT2D eigenvalue weighted by molar-refractivity contribution is 0.0701. The maximum absolute atomic E-state index is 11.5. The third-order valence-corrected chi connectivity index (χ3v) is 6.20. The Balaban J connectivity index is 2.25. The number of carbonyl (C=O) groups is 1. The van der Waals surface area contributed by atoms with E-state index in [4.69, 9.17) is 5.11 Å². The van der Waals surface area contributed by atoms with E-state index >= 15 is 0 Å². The van der Waals surface area contributed by atoms with Gasteiger partial charge in [-0.05, 0) is 12.8 Å². The highest BCUT2D eigenvalue weighted by atomic mass is 32.2. The van der Waals surface area contributed by atoms with Crippen molar-refractivity contribution in [3.05, 3.63) is 10.6 Å². The van der Waals surface area contributed by atoms with Crippen molar-refractivity contribution in [2.75, 3.05) is 23.5 Å². The number of carboxylic acid groups (broad SMARTS) is 1. The van der Waals surface area contributed by atoms with Crippen molar-refractivity contribution in [2.45, 2.75) is 25.8 Å². The van der Waals surface area contributed by atoms with Crippen molar-refractivity contribution in [3.8, 4) is 0 Å². The molecule has 0 spiro atoms. The number of carboxylic acids is 1. The predicted octanol–water partition coefficient (Wildman–Crippen LogP) is 1.03. The van der Waals surface area contributed by atoms with E-state index < -0.39 is 15.8 Å². The minimum absolute atomic E-state index is 0.109. The summed E-state index contributed by atoms with van der Waals surface area (Å²) in [5.41, 5.74) is 0.556. The van der Waals surface area contributed by atoms with Gasteiger partial charge in [-0.15, -0.1) is 0 Å². The molecule has 2 heterocycles. The quantitative estimate of drug-likeness (QED) is 0.894. The van der Waals surface area contributed by atoms with Crippen LogP contribution in [0.4, 0.5) is 5.13 Å². The van der Waals surface area contributed by atoms with Crippen LogP contribution in [0.1, 0.15) is 28.7 Å². The Morgan fingerprint density at radius 1 is 1.58 bits per heavy atom. The number of aryl methyl sites for hydroxylation is 1. The summed E-state index contributed by atoms with van der Waals surface area (Å²) >= 11 is 1.11. The summed E-state index contributed by atoms with van der Waals surface area (Å²) in [6, 6.07) is -0.109. The fourth-order valence-electron chi connectivity index (χ4n) is 2.13. The summed E-state index contributed by atoms with van der Waals surface area (Å²) in [5.74, 6) is -0.666. The molecule has 0 radical (unpaired) electrons. The number of hydrogen-bond donors (Lipinski definition) is 1. The molecule has 0 saturated carbocycles. The molecule has 19 heavy (non-hydrogen) atoms. The number of hydrogen-bond acceptors (Lipinski definition) is 6. The van der Waals surface area contributed by atoms with Gasteiger partial charge in [-0.3, -0.25) is 0 Å². The second kappa shape index (κ2) is 5.09. The van der Waals surface area contributed by atoms with E-state index in [0.717, 1.165) is 11.3 Å². The first kappa shape index (κ1) is 14.3. The first-order valence-electron chi connectivity index (χ1n) is 6.00. The number of rotatable bonds is 4. The third kappa shape index (κ3) is 2.89. The standard InChI is InChI=1S/C11H16N2O4S2/c1-3-8-9(10(14)15)18-11(12-8)13(2)7-4-5-19(16,17)6-7/h7H,3-6H2,1-2H3,(H,14,15). The molecule has 1 atom stereocenters. The van der Waals surface area contributed by atoms with Gasteiger partial charge < -0.3 is 10.0 Å². The highest BCUT2D eigenvalue weighted by Crippen LogP contribution is 2.29. The summed E-state index contributed by atoms with van der Waals surface area (Å²) in [7, 11) is -1.18. The molecule has 1 aliphatic heterocycles. The maximum atomic E-state index is 11.5. The molecule has 0 aromatic carbocycles. The number of anilines is 1. The van der Waals surface area contributed by atoms with Gasteiger partial charge in [-0.25, -0.2) is 18.2 Å². The molecule has 2 rings (SSSR count). The topological polar surface area (TPSA) is 87.6 Å². The number of nitrogens with zero attached hydrogens (tertiary/aromatic N) is 2. The highest BCUT2D eigenvalue weighted by molar-refractivity contribution is 7.91. The molecular weight excluding hydrogens is 288 g/mol. The third-order valence-electron chi connectivity index (χ3n) is 3.27. The van der Waals surface area contributed by atoms with E-state index in [0.29, 0.717) is 23.7 Å². The molecule has 1 fully saturated rings. The molecule has 1 N–H and O–H groups in total. The van der Waals surface area contributed by atoms with Crippen LogP contribution in [0.15, 0.2) is 0 Å². The average Bonchev–Trinajstić information content (AvgIpc) is 2.91. The molecule has 1 saturated heterocycles. The van der Waals surface area contributed by atoms with Gasteiger partial charge in [0.25, 0.3) is 0 Å². The van der Waals surface area contributed by atoms with Gasteiger partial charge in [0.2, 0.25) is 0 Å². The monoisotopic (exact) mass is 304 g/mol. The van der Waals surface area contributed by atoms with Crippen LogP contribution in [0.3, 0.4) is 0 Å². The lowest BCUT2D eigenvalue weighted by atomic mass is 10.2. The van der Waals surface area contributed by atoms with Gasteiger partial charge >= 0.3 is 5.97 Å². The molecule has 1 aromatic rings. The Kier molecular flexibility index (Phi) is 3.82. The van der Waals surface area contributed by atoms with Crippen molar-refractivity contribution in [1.82, 2.24) is 4.98 Å². The van der Waals surface area contributed by atoms with Crippen molar-refractivity contribution in [1.29, 1.82) is 0 Å². The predicted molar refractivity (Wildman–Crippen MR) is 73.9 cm³/mol. The molecule has 106 valence electrons. The van der Waals surface area contributed by atoms with Crippen LogP contribution < -0.4 is 4.90 Å². The van der Waals surface area contributed by atoms with Crippen molar-refractivity contribution in [3.63, 3.8) is 0 Å². The molecule has 1 aromatic heterocycles. The zero-order valence-corrected chi connectivity index (χ0v) is 12.4. The van der Waals surface area contributed by atoms with E-state index in [-0.39, 0.29) is 22.4 Å². The van der Waals surface area contributed by atoms with Crippen LogP contribution in [0.5, 0.6) is 0 Å². The normalized spacial score (nSPS) is 21.5. The van der Waals surface area contributed by atoms with Crippen LogP contribution in [-0.4, -0.2) is 49.1 Å². The van der Waals surface area contributed by atoms with Gasteiger partial charge in [0.15, 0.2) is 15.0 Å². The van der Waals surface area contributed by atoms with Crippen LogP contribution in [0.2, 0.25) is 0 Å². The second-order valence-corrected chi connectivity index (χ2v) is 7.80. The van der Waals surface area contributed by atoms with Crippen molar-refractivity contribution < 1.29 is 18.3 Å². The number of sulfone groups is 1. The number of thiazole rings is 1. The largest absolute Gasteiger partial charge is 0.477 e. The second-order valence-electron chi connectivity index (χ2n) is 4.60. The van der Waals surface area contributed by atoms with E-state index in [1.165, 1.54) is 0 Å². The fraction of sp³-hybridized carbons (Fsp3) is 0.636. The van der Waals surface area contributed by atoms with Gasteiger partial charge in [0, 0.05) is 13.1 Å². The molecule has 0 amide bonds. The van der Waals surface area contributed by atoms with Gasteiger partial charge in [0.1, 0.15) is 4.88 Å². The molecule has 1 aliphatic rings. The summed E-state index contributed by atoms with van der Waals surface area (Å²) in [5, 5.41) is 9.68. The first-order valence-corrected chi connectivity index (χ1v) is 8.64. The Hall–Kier alpha value is -1.15. The van der Waals surface area contributed by atoms with Crippen LogP contribution >= 0.6 is 11.3 Å². The molecule has 0 bridgehead atoms. The van der Waals surface area contributed by atoms with E-state index in [2.05, 4.69) is 4.98 Å². The Bertz CT molecular complexity index is 594. The SMILES string of the molecule is CCc1nc(N(C)C2CCS(=O)(=O)C2)sc1C(=O)O. The minimum atomic E-state index is -2.95. The lowest BCUT2D eigenvalue weighted by Gasteiger charge is -2.22. The average molecular weight is 304 g/mol. The van der Waals surface area contributed by atoms with Crippen molar-refractivity contribution >= 4 is 32.3 Å². The van der Waals surface area contributed by atoms with E-state index in [9.17, 15) is 13.2 Å². The molecular formula is C11H16N2O4S2. The minimum Gasteiger partial charge on any atom is -0.477 e. The highest BCUT2D eigenvalue weighted by Gasteiger charge is 2.32. The molecule has 6 nitrogen and oxygen atoms in total. The summed E-state index contributed by atoms with van der Waals surface area (Å²) in [6.45, 7) is 1.85. The van der Waals surface area contributed by atoms with E-state index in [1.54, 1.807) is 11.9 Å².